The summed E-state index contributed by atoms with van der Waals surface area (Å²) in [5.74, 6) is 0. The van der Waals surface area contributed by atoms with E-state index in [1.165, 1.54) is 0 Å². The summed E-state index contributed by atoms with van der Waals surface area (Å²) in [6, 6.07) is 13.4. The van der Waals surface area contributed by atoms with Crippen molar-refractivity contribution in [3.8, 4) is 0 Å². The number of aromatic nitrogens is 1. The summed E-state index contributed by atoms with van der Waals surface area (Å²) in [6.07, 6.45) is 4.00. The maximum Gasteiger partial charge on any atom is 0.0405 e. The molecule has 0 saturated carbocycles. The van der Waals surface area contributed by atoms with Gasteiger partial charge in [-0.1, -0.05) is 29.8 Å². The number of hydrogen-bond donors (Lipinski definition) is 0. The van der Waals surface area contributed by atoms with Crippen molar-refractivity contribution in [3.05, 3.63) is 59.9 Å². The van der Waals surface area contributed by atoms with Crippen molar-refractivity contribution in [1.82, 2.24) is 4.57 Å². The average Bonchev–Trinajstić information content (AvgIpc) is 2.58. The minimum atomic E-state index is 0.794. The molecule has 0 aliphatic carbocycles. The van der Waals surface area contributed by atoms with Crippen LogP contribution in [0.4, 0.5) is 0 Å². The van der Waals surface area contributed by atoms with Gasteiger partial charge in [-0.3, -0.25) is 0 Å². The molecule has 1 nitrogen and oxygen atoms in total. The van der Waals surface area contributed by atoms with Gasteiger partial charge in [0, 0.05) is 24.5 Å². The maximum absolute atomic E-state index is 5.54. The Morgan fingerprint density at radius 3 is 1.69 bits per heavy atom. The predicted octanol–water partition coefficient (Wildman–Crippen LogP) is 3.37. The molecule has 0 N–H and O–H groups in total. The Kier molecular flexibility index (Phi) is 4.13. The molecule has 0 aliphatic rings. The molecule has 1 aromatic heterocycles. The summed E-state index contributed by atoms with van der Waals surface area (Å²) in [5, 5.41) is 0.794. The SMILES string of the molecule is Clc1ccccc1.Cn1cccc1. The minimum absolute atomic E-state index is 0.794. The van der Waals surface area contributed by atoms with E-state index >= 15 is 0 Å². The van der Waals surface area contributed by atoms with E-state index in [9.17, 15) is 0 Å². The van der Waals surface area contributed by atoms with Crippen molar-refractivity contribution in [2.75, 3.05) is 0 Å². The molecule has 0 amide bonds. The van der Waals surface area contributed by atoms with Gasteiger partial charge in [-0.25, -0.2) is 0 Å². The first-order valence-corrected chi connectivity index (χ1v) is 4.44. The van der Waals surface area contributed by atoms with Gasteiger partial charge in [0.15, 0.2) is 0 Å². The first kappa shape index (κ1) is 9.87. The van der Waals surface area contributed by atoms with Gasteiger partial charge < -0.3 is 4.57 Å². The van der Waals surface area contributed by atoms with Crippen LogP contribution >= 0.6 is 11.6 Å². The fourth-order valence-corrected chi connectivity index (χ4v) is 0.981. The zero-order valence-corrected chi connectivity index (χ0v) is 8.28. The Labute approximate surface area is 83.6 Å². The molecule has 0 spiro atoms. The van der Waals surface area contributed by atoms with Crippen LogP contribution in [0.1, 0.15) is 0 Å². The summed E-state index contributed by atoms with van der Waals surface area (Å²) in [4.78, 5) is 0. The molecule has 0 saturated heterocycles. The van der Waals surface area contributed by atoms with Crippen LogP contribution in [0.5, 0.6) is 0 Å². The maximum atomic E-state index is 5.54. The lowest BCUT2D eigenvalue weighted by Gasteiger charge is -1.80. The highest BCUT2D eigenvalue weighted by molar-refractivity contribution is 6.30. The molecular weight excluding hydrogens is 182 g/mol. The van der Waals surface area contributed by atoms with Gasteiger partial charge in [-0.05, 0) is 24.3 Å². The molecular formula is C11H12ClN. The highest BCUT2D eigenvalue weighted by Crippen LogP contribution is 2.03. The number of halogens is 1. The van der Waals surface area contributed by atoms with Crippen LogP contribution in [-0.2, 0) is 7.05 Å². The summed E-state index contributed by atoms with van der Waals surface area (Å²) in [6.45, 7) is 0. The zero-order chi connectivity index (χ0) is 9.52. The monoisotopic (exact) mass is 193 g/mol. The Balaban J connectivity index is 0.000000132. The van der Waals surface area contributed by atoms with Crippen molar-refractivity contribution in [1.29, 1.82) is 0 Å². The van der Waals surface area contributed by atoms with Crippen LogP contribution in [0.2, 0.25) is 5.02 Å². The Bertz CT molecular complexity index is 313. The average molecular weight is 194 g/mol. The Morgan fingerprint density at radius 2 is 1.46 bits per heavy atom. The summed E-state index contributed by atoms with van der Waals surface area (Å²) in [5.41, 5.74) is 0. The fourth-order valence-electron chi connectivity index (χ4n) is 0.835. The smallest absolute Gasteiger partial charge is 0.0405 e. The predicted molar refractivity (Wildman–Crippen MR) is 56.9 cm³/mol. The van der Waals surface area contributed by atoms with Gasteiger partial charge in [0.1, 0.15) is 0 Å². The van der Waals surface area contributed by atoms with Crippen LogP contribution in [0.25, 0.3) is 0 Å². The van der Waals surface area contributed by atoms with Gasteiger partial charge in [-0.15, -0.1) is 0 Å². The van der Waals surface area contributed by atoms with Gasteiger partial charge in [-0.2, -0.15) is 0 Å². The molecule has 68 valence electrons. The molecule has 2 aromatic rings. The molecule has 0 fully saturated rings. The van der Waals surface area contributed by atoms with Crippen molar-refractivity contribution >= 4 is 11.6 Å². The van der Waals surface area contributed by atoms with Crippen molar-refractivity contribution in [3.63, 3.8) is 0 Å². The molecule has 1 heterocycles. The molecule has 0 radical (unpaired) electrons. The third kappa shape index (κ3) is 4.38. The summed E-state index contributed by atoms with van der Waals surface area (Å²) in [7, 11) is 2.00. The van der Waals surface area contributed by atoms with Gasteiger partial charge >= 0.3 is 0 Å². The molecule has 0 aliphatic heterocycles. The van der Waals surface area contributed by atoms with E-state index in [4.69, 9.17) is 11.6 Å². The van der Waals surface area contributed by atoms with Crippen molar-refractivity contribution in [2.45, 2.75) is 0 Å². The van der Waals surface area contributed by atoms with Gasteiger partial charge in [0.25, 0.3) is 0 Å². The van der Waals surface area contributed by atoms with E-state index in [2.05, 4.69) is 0 Å². The lowest BCUT2D eigenvalue weighted by atomic mass is 10.4. The standard InChI is InChI=1S/C6H5Cl.C5H7N/c7-6-4-2-1-3-5-6;1-6-4-2-3-5-6/h1-5H;2-5H,1H3. The van der Waals surface area contributed by atoms with Crippen LogP contribution in [0, 0.1) is 0 Å². The second kappa shape index (κ2) is 5.44. The lowest BCUT2D eigenvalue weighted by molar-refractivity contribution is 0.928. The third-order valence-electron chi connectivity index (χ3n) is 1.49. The summed E-state index contributed by atoms with van der Waals surface area (Å²) < 4.78 is 2.00. The molecule has 1 aromatic carbocycles. The number of hydrogen-bond acceptors (Lipinski definition) is 0. The van der Waals surface area contributed by atoms with E-state index in [0.29, 0.717) is 0 Å². The van der Waals surface area contributed by atoms with Crippen molar-refractivity contribution < 1.29 is 0 Å². The van der Waals surface area contributed by atoms with E-state index in [-0.39, 0.29) is 0 Å². The first-order chi connectivity index (χ1) is 6.29. The van der Waals surface area contributed by atoms with E-state index in [1.54, 1.807) is 0 Å². The Hall–Kier alpha value is -1.21. The van der Waals surface area contributed by atoms with Crippen LogP contribution < -0.4 is 0 Å². The fraction of sp³-hybridized carbons (Fsp3) is 0.0909. The highest BCUT2D eigenvalue weighted by atomic mass is 35.5. The molecule has 13 heavy (non-hydrogen) atoms. The molecule has 0 bridgehead atoms. The zero-order valence-electron chi connectivity index (χ0n) is 7.52. The largest absolute Gasteiger partial charge is 0.357 e. The van der Waals surface area contributed by atoms with Gasteiger partial charge in [0.05, 0.1) is 0 Å². The van der Waals surface area contributed by atoms with Crippen LogP contribution in [0.3, 0.4) is 0 Å². The van der Waals surface area contributed by atoms with Crippen LogP contribution in [0.15, 0.2) is 54.9 Å². The number of nitrogens with zero attached hydrogens (tertiary/aromatic N) is 1. The normalized spacial score (nSPS) is 8.77. The Morgan fingerprint density at radius 1 is 0.923 bits per heavy atom. The van der Waals surface area contributed by atoms with E-state index in [0.717, 1.165) is 5.02 Å². The lowest BCUT2D eigenvalue weighted by Crippen LogP contribution is -1.75. The highest BCUT2D eigenvalue weighted by Gasteiger charge is 1.75. The second-order valence-electron chi connectivity index (χ2n) is 2.64. The second-order valence-corrected chi connectivity index (χ2v) is 3.08. The van der Waals surface area contributed by atoms with Gasteiger partial charge in [0.2, 0.25) is 0 Å². The summed E-state index contributed by atoms with van der Waals surface area (Å²) >= 11 is 5.54. The first-order valence-electron chi connectivity index (χ1n) is 4.06. The van der Waals surface area contributed by atoms with Crippen molar-refractivity contribution in [2.24, 2.45) is 7.05 Å². The molecule has 0 unspecified atom stereocenters. The third-order valence-corrected chi connectivity index (χ3v) is 1.74. The number of aryl methyl sites for hydroxylation is 1. The molecule has 0 atom stereocenters. The van der Waals surface area contributed by atoms with E-state index < -0.39 is 0 Å². The van der Waals surface area contributed by atoms with Crippen LogP contribution in [-0.4, -0.2) is 4.57 Å². The quantitative estimate of drug-likeness (QED) is 0.605. The molecule has 2 heteroatoms. The number of rotatable bonds is 0. The molecule has 2 rings (SSSR count). The topological polar surface area (TPSA) is 4.93 Å². The number of benzene rings is 1. The minimum Gasteiger partial charge on any atom is -0.357 e. The van der Waals surface area contributed by atoms with E-state index in [1.807, 2.05) is 66.5 Å².